The summed E-state index contributed by atoms with van der Waals surface area (Å²) in [6.07, 6.45) is -1.82. The largest absolute Gasteiger partial charge is 0.508 e. The Bertz CT molecular complexity index is 2510. The molecule has 0 bridgehead atoms. The Morgan fingerprint density at radius 1 is 0.535 bits per heavy atom. The number of aromatic hydroxyl groups is 1. The molecule has 0 fully saturated rings. The van der Waals surface area contributed by atoms with Crippen LogP contribution >= 0.6 is 24.4 Å². The number of primary amides is 2. The molecule has 33 heteroatoms. The van der Waals surface area contributed by atoms with Gasteiger partial charge in [0.1, 0.15) is 60.1 Å². The van der Waals surface area contributed by atoms with E-state index < -0.39 is 181 Å². The quantitative estimate of drug-likeness (QED) is 0.0219. The van der Waals surface area contributed by atoms with Crippen LogP contribution < -0.4 is 70.8 Å². The molecule has 31 nitrogen and oxygen atoms in total. The minimum absolute atomic E-state index is 0.111. The maximum atomic E-state index is 14.4. The monoisotopic (exact) mass is 1260 g/mol. The van der Waals surface area contributed by atoms with Gasteiger partial charge in [0.2, 0.25) is 65.0 Å². The topological polar surface area (TPSA) is 532 Å². The fourth-order valence-corrected chi connectivity index (χ4v) is 8.86. The van der Waals surface area contributed by atoms with Gasteiger partial charge in [0.25, 0.3) is 0 Å². The van der Waals surface area contributed by atoms with Crippen molar-refractivity contribution in [3.05, 3.63) is 29.8 Å². The molecule has 11 amide bonds. The van der Waals surface area contributed by atoms with Crippen LogP contribution in [0.1, 0.15) is 110 Å². The van der Waals surface area contributed by atoms with Crippen molar-refractivity contribution < 1.29 is 87.5 Å². The number of carboxylic acid groups (broad SMARTS) is 3. The maximum absolute atomic E-state index is 14.4. The predicted octanol–water partition coefficient (Wildman–Crippen LogP) is -3.91. The summed E-state index contributed by atoms with van der Waals surface area (Å²) in [7, 11) is 0. The molecule has 482 valence electrons. The molecule has 11 atom stereocenters. The van der Waals surface area contributed by atoms with E-state index in [1.807, 2.05) is 5.32 Å². The standard InChI is InChI=1S/C53H85N13O18S2/c1-6-27(4)43(52(82)60-31(9-7-8-19-54)45(75)59-33(15-17-41(70)71)47(77)64-37(24-42(72)73)50(80)65-38(25-85)53(83)84)66-51(81)36(23-40(57)69)63-48(78)34(21-26(2)3)61-49(79)35(22-28-10-12-29(67)13-11-28)62-46(76)32(14-16-39(56)68)58-44(74)30(55)18-20-86-5/h10-13,26-27,30-38,43,67,85H,6-9,14-25,54-55H2,1-5H3,(H2,56,68)(H2,57,69)(H,58,74)(H,59,75)(H,60,82)(H,61,79)(H,62,76)(H,63,78)(H,64,77)(H,65,80)(H,66,81)(H,70,71)(H,72,73)(H,83,84)/t27-,30-,31-,32-,33-,34-,35-,36-,37-,38-,43-/m0/s1. The number of hydrogen-bond acceptors (Lipinski definition) is 19. The fraction of sp³-hybridized carbons (Fsp3) is 0.623. The molecule has 0 heterocycles. The number of nitrogens with two attached hydrogens (primary N) is 4. The number of phenols is 1. The van der Waals surface area contributed by atoms with E-state index in [-0.39, 0.29) is 69.6 Å². The number of phenolic OH excluding ortho intramolecular Hbond substituents is 1. The van der Waals surface area contributed by atoms with E-state index in [4.69, 9.17) is 22.9 Å². The summed E-state index contributed by atoms with van der Waals surface area (Å²) >= 11 is 5.28. The summed E-state index contributed by atoms with van der Waals surface area (Å²) in [5.41, 5.74) is 23.1. The number of rotatable bonds is 43. The van der Waals surface area contributed by atoms with Crippen LogP contribution in [0.5, 0.6) is 5.75 Å². The molecular weight excluding hydrogens is 1170 g/mol. The van der Waals surface area contributed by atoms with Gasteiger partial charge in [-0.15, -0.1) is 0 Å². The third kappa shape index (κ3) is 29.3. The van der Waals surface area contributed by atoms with Crippen molar-refractivity contribution >= 4 is 107 Å². The Morgan fingerprint density at radius 2 is 0.988 bits per heavy atom. The molecule has 0 saturated carbocycles. The molecule has 0 radical (unpaired) electrons. The van der Waals surface area contributed by atoms with E-state index in [0.29, 0.717) is 17.7 Å². The van der Waals surface area contributed by atoms with Gasteiger partial charge in [-0.25, -0.2) is 4.79 Å². The van der Waals surface area contributed by atoms with Gasteiger partial charge < -0.3 is 91.2 Å². The molecule has 1 aromatic rings. The predicted molar refractivity (Wildman–Crippen MR) is 315 cm³/mol. The van der Waals surface area contributed by atoms with Crippen molar-refractivity contribution in [2.75, 3.05) is 24.3 Å². The van der Waals surface area contributed by atoms with E-state index in [1.54, 1.807) is 27.0 Å². The van der Waals surface area contributed by atoms with Gasteiger partial charge in [0.05, 0.1) is 18.9 Å². The highest BCUT2D eigenvalue weighted by molar-refractivity contribution is 7.98. The van der Waals surface area contributed by atoms with E-state index >= 15 is 0 Å². The van der Waals surface area contributed by atoms with Crippen molar-refractivity contribution in [2.45, 2.75) is 172 Å². The zero-order chi connectivity index (χ0) is 65.4. The van der Waals surface area contributed by atoms with Gasteiger partial charge in [-0.1, -0.05) is 46.2 Å². The van der Waals surface area contributed by atoms with E-state index in [2.05, 4.69) is 55.2 Å². The first-order chi connectivity index (χ1) is 40.4. The van der Waals surface area contributed by atoms with Crippen LogP contribution in [0.15, 0.2) is 24.3 Å². The van der Waals surface area contributed by atoms with Gasteiger partial charge in [-0.05, 0) is 93.0 Å². The molecule has 0 spiro atoms. The van der Waals surface area contributed by atoms with Crippen LogP contribution in [-0.2, 0) is 73.5 Å². The highest BCUT2D eigenvalue weighted by Gasteiger charge is 2.38. The van der Waals surface area contributed by atoms with Crippen molar-refractivity contribution in [3.8, 4) is 5.75 Å². The van der Waals surface area contributed by atoms with Gasteiger partial charge in [-0.2, -0.15) is 24.4 Å². The lowest BCUT2D eigenvalue weighted by molar-refractivity contribution is -0.143. The van der Waals surface area contributed by atoms with E-state index in [1.165, 1.54) is 43.0 Å². The molecule has 0 aliphatic heterocycles. The van der Waals surface area contributed by atoms with Crippen LogP contribution in [0.2, 0.25) is 0 Å². The summed E-state index contributed by atoms with van der Waals surface area (Å²) in [6, 6.07) is -10.2. The molecule has 0 aliphatic carbocycles. The average molecular weight is 1260 g/mol. The number of carboxylic acids is 3. The molecule has 86 heavy (non-hydrogen) atoms. The molecule has 21 N–H and O–H groups in total. The number of carbonyl (C=O) groups is 14. The Kier molecular flexibility index (Phi) is 35.2. The van der Waals surface area contributed by atoms with Crippen LogP contribution in [0.4, 0.5) is 0 Å². The highest BCUT2D eigenvalue weighted by atomic mass is 32.2. The molecule has 0 unspecified atom stereocenters. The zero-order valence-corrected chi connectivity index (χ0v) is 50.4. The van der Waals surface area contributed by atoms with Crippen LogP contribution in [-0.4, -0.2) is 188 Å². The Labute approximate surface area is 507 Å². The first-order valence-corrected chi connectivity index (χ1v) is 29.7. The first-order valence-electron chi connectivity index (χ1n) is 27.7. The first kappa shape index (κ1) is 76.2. The van der Waals surface area contributed by atoms with Crippen LogP contribution in [0, 0.1) is 11.8 Å². The number of hydrogen-bond donors (Lipinski definition) is 18. The smallest absolute Gasteiger partial charge is 0.327 e. The molecular formula is C53H85N13O18S2. The second-order valence-corrected chi connectivity index (χ2v) is 22.1. The second kappa shape index (κ2) is 39.8. The molecule has 0 saturated heterocycles. The van der Waals surface area contributed by atoms with E-state index in [0.717, 1.165) is 0 Å². The summed E-state index contributed by atoms with van der Waals surface area (Å²) in [4.78, 5) is 184. The minimum atomic E-state index is -1.94. The summed E-state index contributed by atoms with van der Waals surface area (Å²) in [5.74, 6) is -17.1. The number of nitrogens with one attached hydrogen (secondary N) is 9. The SMILES string of the molecule is CC[C@H](C)[C@H](NC(=O)[C@H](CC(N)=O)NC(=O)[C@H](CC(C)C)NC(=O)[C@H](Cc1ccc(O)cc1)NC(=O)[C@H](CCC(N)=O)NC(=O)[C@@H](N)CCSC)C(=O)N[C@@H](CCCCN)C(=O)N[C@@H](CCC(=O)O)C(=O)N[C@@H](CC(=O)O)C(=O)N[C@@H](CS)C(=O)O. The molecule has 0 aliphatic rings. The third-order valence-electron chi connectivity index (χ3n) is 13.1. The summed E-state index contributed by atoms with van der Waals surface area (Å²) in [5, 5.41) is 59.9. The van der Waals surface area contributed by atoms with Crippen molar-refractivity contribution in [3.63, 3.8) is 0 Å². The normalized spacial score (nSPS) is 14.9. The van der Waals surface area contributed by atoms with Crippen molar-refractivity contribution in [1.29, 1.82) is 0 Å². The number of amides is 11. The van der Waals surface area contributed by atoms with Crippen molar-refractivity contribution in [2.24, 2.45) is 34.8 Å². The number of thioether (sulfide) groups is 1. The lowest BCUT2D eigenvalue weighted by Crippen LogP contribution is -2.62. The number of aliphatic carboxylic acids is 3. The summed E-state index contributed by atoms with van der Waals surface area (Å²) < 4.78 is 0. The lowest BCUT2D eigenvalue weighted by atomic mass is 9.96. The van der Waals surface area contributed by atoms with E-state index in [9.17, 15) is 87.5 Å². The Balaban J connectivity index is 3.67. The van der Waals surface area contributed by atoms with Gasteiger partial charge in [-0.3, -0.25) is 62.3 Å². The lowest BCUT2D eigenvalue weighted by Gasteiger charge is -2.30. The van der Waals surface area contributed by atoms with Gasteiger partial charge in [0.15, 0.2) is 0 Å². The van der Waals surface area contributed by atoms with Crippen molar-refractivity contribution in [1.82, 2.24) is 47.9 Å². The second-order valence-electron chi connectivity index (χ2n) is 20.8. The maximum Gasteiger partial charge on any atom is 0.327 e. The number of benzene rings is 1. The van der Waals surface area contributed by atoms with Crippen LogP contribution in [0.3, 0.4) is 0 Å². The molecule has 0 aromatic heterocycles. The third-order valence-corrected chi connectivity index (χ3v) is 14.1. The Morgan fingerprint density at radius 3 is 1.48 bits per heavy atom. The highest BCUT2D eigenvalue weighted by Crippen LogP contribution is 2.16. The molecule has 1 rings (SSSR count). The minimum Gasteiger partial charge on any atom is -0.508 e. The number of carbonyl (C=O) groups excluding carboxylic acids is 11. The van der Waals surface area contributed by atoms with Gasteiger partial charge >= 0.3 is 17.9 Å². The molecule has 1 aromatic carbocycles. The summed E-state index contributed by atoms with van der Waals surface area (Å²) in [6.45, 7) is 6.70. The number of unbranched alkanes of at least 4 members (excludes halogenated alkanes) is 1. The number of thiol groups is 1. The fourth-order valence-electron chi connectivity index (χ4n) is 8.12. The Hall–Kier alpha value is -7.78. The van der Waals surface area contributed by atoms with Crippen LogP contribution in [0.25, 0.3) is 0 Å². The average Bonchev–Trinajstić information content (AvgIpc) is 3.30. The van der Waals surface area contributed by atoms with Gasteiger partial charge in [0, 0.05) is 25.0 Å². The zero-order valence-electron chi connectivity index (χ0n) is 48.7.